The van der Waals surface area contributed by atoms with Crippen LogP contribution in [0.4, 0.5) is 5.82 Å². The largest absolute Gasteiger partial charge is 0.395 e. The van der Waals surface area contributed by atoms with Crippen molar-refractivity contribution in [3.8, 4) is 0 Å². The Balaban J connectivity index is 2.24. The Hall–Kier alpha value is -1.10. The second-order valence-corrected chi connectivity index (χ2v) is 5.41. The molecule has 0 spiro atoms. The van der Waals surface area contributed by atoms with Crippen molar-refractivity contribution in [2.45, 2.75) is 6.54 Å². The monoisotopic (exact) mass is 340 g/mol. The van der Waals surface area contributed by atoms with Crippen molar-refractivity contribution in [3.05, 3.63) is 57.7 Å². The van der Waals surface area contributed by atoms with Crippen LogP contribution in [0.2, 0.25) is 5.02 Å². The summed E-state index contributed by atoms with van der Waals surface area (Å²) in [4.78, 5) is 6.29. The van der Waals surface area contributed by atoms with Crippen LogP contribution < -0.4 is 4.90 Å². The Labute approximate surface area is 126 Å². The Morgan fingerprint density at radius 3 is 2.63 bits per heavy atom. The molecule has 0 aliphatic heterocycles. The van der Waals surface area contributed by atoms with Crippen molar-refractivity contribution in [1.82, 2.24) is 4.98 Å². The van der Waals surface area contributed by atoms with E-state index in [0.717, 1.165) is 10.0 Å². The summed E-state index contributed by atoms with van der Waals surface area (Å²) in [6, 6.07) is 11.8. The number of anilines is 1. The molecule has 0 aliphatic carbocycles. The normalized spacial score (nSPS) is 10.5. The quantitative estimate of drug-likeness (QED) is 0.904. The van der Waals surface area contributed by atoms with E-state index in [1.165, 1.54) is 0 Å². The van der Waals surface area contributed by atoms with Crippen LogP contribution in [0.25, 0.3) is 0 Å². The van der Waals surface area contributed by atoms with Crippen LogP contribution in [0.1, 0.15) is 5.56 Å². The van der Waals surface area contributed by atoms with E-state index >= 15 is 0 Å². The third-order valence-corrected chi connectivity index (χ3v) is 3.39. The predicted molar refractivity (Wildman–Crippen MR) is 81.5 cm³/mol. The fourth-order valence-corrected chi connectivity index (χ4v) is 2.57. The Morgan fingerprint density at radius 2 is 2.00 bits per heavy atom. The number of aromatic nitrogens is 1. The van der Waals surface area contributed by atoms with E-state index in [4.69, 9.17) is 11.6 Å². The van der Waals surface area contributed by atoms with Crippen LogP contribution in [-0.4, -0.2) is 23.2 Å². The fraction of sp³-hybridized carbons (Fsp3) is 0.214. The predicted octanol–water partition coefficient (Wildman–Crippen LogP) is 3.50. The molecule has 0 atom stereocenters. The van der Waals surface area contributed by atoms with Gasteiger partial charge in [-0.15, -0.1) is 0 Å². The standard InChI is InChI=1S/C14H14BrClN2O/c15-12-8-13(16)14(17-9-12)18(6-7-19)10-11-4-2-1-3-5-11/h1-5,8-9,19H,6-7,10H2. The minimum atomic E-state index is 0.0565. The van der Waals surface area contributed by atoms with Crippen LogP contribution in [-0.2, 0) is 6.54 Å². The lowest BCUT2D eigenvalue weighted by molar-refractivity contribution is 0.301. The lowest BCUT2D eigenvalue weighted by atomic mass is 10.2. The van der Waals surface area contributed by atoms with Crippen LogP contribution in [0.15, 0.2) is 47.1 Å². The van der Waals surface area contributed by atoms with Gasteiger partial charge in [0.2, 0.25) is 0 Å². The summed E-state index contributed by atoms with van der Waals surface area (Å²) in [5, 5.41) is 9.77. The highest BCUT2D eigenvalue weighted by Crippen LogP contribution is 2.27. The van der Waals surface area contributed by atoms with Gasteiger partial charge in [0.25, 0.3) is 0 Å². The van der Waals surface area contributed by atoms with Gasteiger partial charge < -0.3 is 10.0 Å². The number of hydrogen-bond acceptors (Lipinski definition) is 3. The van der Waals surface area contributed by atoms with Gasteiger partial charge in [-0.25, -0.2) is 4.98 Å². The third-order valence-electron chi connectivity index (χ3n) is 2.67. The summed E-state index contributed by atoms with van der Waals surface area (Å²) >= 11 is 9.55. The van der Waals surface area contributed by atoms with Gasteiger partial charge in [0.15, 0.2) is 0 Å². The molecule has 100 valence electrons. The molecule has 5 heteroatoms. The van der Waals surface area contributed by atoms with Gasteiger partial charge in [-0.05, 0) is 27.6 Å². The summed E-state index contributed by atoms with van der Waals surface area (Å²) in [6.45, 7) is 1.21. The van der Waals surface area contributed by atoms with Crippen molar-refractivity contribution in [1.29, 1.82) is 0 Å². The number of aliphatic hydroxyl groups excluding tert-OH is 1. The van der Waals surface area contributed by atoms with Crippen molar-refractivity contribution < 1.29 is 5.11 Å². The molecule has 19 heavy (non-hydrogen) atoms. The summed E-state index contributed by atoms with van der Waals surface area (Å²) in [5.74, 6) is 0.683. The van der Waals surface area contributed by atoms with Gasteiger partial charge in [0, 0.05) is 23.8 Å². The molecule has 0 bridgehead atoms. The number of halogens is 2. The number of nitrogens with zero attached hydrogens (tertiary/aromatic N) is 2. The van der Waals surface area contributed by atoms with Gasteiger partial charge >= 0.3 is 0 Å². The maximum atomic E-state index is 9.20. The Morgan fingerprint density at radius 1 is 1.26 bits per heavy atom. The van der Waals surface area contributed by atoms with Crippen molar-refractivity contribution >= 4 is 33.3 Å². The van der Waals surface area contributed by atoms with Crippen LogP contribution >= 0.6 is 27.5 Å². The van der Waals surface area contributed by atoms with Crippen LogP contribution in [0.5, 0.6) is 0 Å². The average Bonchev–Trinajstić information content (AvgIpc) is 2.39. The summed E-state index contributed by atoms with van der Waals surface area (Å²) in [6.07, 6.45) is 1.70. The molecule has 0 unspecified atom stereocenters. The SMILES string of the molecule is OCCN(Cc1ccccc1)c1ncc(Br)cc1Cl. The molecule has 1 aromatic heterocycles. The highest BCUT2D eigenvalue weighted by Gasteiger charge is 2.12. The van der Waals surface area contributed by atoms with Crippen LogP contribution in [0, 0.1) is 0 Å². The maximum Gasteiger partial charge on any atom is 0.147 e. The van der Waals surface area contributed by atoms with E-state index in [1.807, 2.05) is 35.2 Å². The number of pyridine rings is 1. The first-order chi connectivity index (χ1) is 9.20. The Kier molecular flexibility index (Phi) is 5.19. The van der Waals surface area contributed by atoms with E-state index in [9.17, 15) is 5.11 Å². The first kappa shape index (κ1) is 14.3. The summed E-state index contributed by atoms with van der Waals surface area (Å²) in [7, 11) is 0. The molecule has 1 aromatic carbocycles. The van der Waals surface area contributed by atoms with Gasteiger partial charge in [-0.3, -0.25) is 0 Å². The van der Waals surface area contributed by atoms with E-state index in [1.54, 1.807) is 12.3 Å². The first-order valence-corrected chi connectivity index (χ1v) is 7.08. The molecule has 1 heterocycles. The van der Waals surface area contributed by atoms with Crippen molar-refractivity contribution in [2.75, 3.05) is 18.1 Å². The fourth-order valence-electron chi connectivity index (χ4n) is 1.82. The second-order valence-electron chi connectivity index (χ2n) is 4.09. The molecule has 0 saturated heterocycles. The molecule has 2 rings (SSSR count). The van der Waals surface area contributed by atoms with E-state index in [-0.39, 0.29) is 6.61 Å². The lowest BCUT2D eigenvalue weighted by Crippen LogP contribution is -2.27. The summed E-state index contributed by atoms with van der Waals surface area (Å²) < 4.78 is 0.838. The van der Waals surface area contributed by atoms with E-state index in [0.29, 0.717) is 23.9 Å². The molecule has 0 radical (unpaired) electrons. The van der Waals surface area contributed by atoms with Gasteiger partial charge in [-0.2, -0.15) is 0 Å². The lowest BCUT2D eigenvalue weighted by Gasteiger charge is -2.24. The zero-order valence-corrected chi connectivity index (χ0v) is 12.6. The van der Waals surface area contributed by atoms with Crippen molar-refractivity contribution in [3.63, 3.8) is 0 Å². The molecule has 0 fully saturated rings. The van der Waals surface area contributed by atoms with E-state index < -0.39 is 0 Å². The topological polar surface area (TPSA) is 36.4 Å². The number of rotatable bonds is 5. The number of benzene rings is 1. The van der Waals surface area contributed by atoms with Crippen LogP contribution in [0.3, 0.4) is 0 Å². The zero-order chi connectivity index (χ0) is 13.7. The first-order valence-electron chi connectivity index (χ1n) is 5.91. The average molecular weight is 342 g/mol. The highest BCUT2D eigenvalue weighted by molar-refractivity contribution is 9.10. The molecular weight excluding hydrogens is 328 g/mol. The smallest absolute Gasteiger partial charge is 0.147 e. The molecule has 0 aliphatic rings. The summed E-state index contributed by atoms with van der Waals surface area (Å²) in [5.41, 5.74) is 1.15. The molecular formula is C14H14BrClN2O. The zero-order valence-electron chi connectivity index (χ0n) is 10.3. The minimum Gasteiger partial charge on any atom is -0.395 e. The molecule has 0 amide bonds. The van der Waals surface area contributed by atoms with Gasteiger partial charge in [-0.1, -0.05) is 41.9 Å². The van der Waals surface area contributed by atoms with Gasteiger partial charge in [0.05, 0.1) is 11.6 Å². The maximum absolute atomic E-state index is 9.20. The highest BCUT2D eigenvalue weighted by atomic mass is 79.9. The molecule has 3 nitrogen and oxygen atoms in total. The number of aliphatic hydroxyl groups is 1. The Bertz CT molecular complexity index is 536. The molecule has 1 N–H and O–H groups in total. The van der Waals surface area contributed by atoms with Crippen molar-refractivity contribution in [2.24, 2.45) is 0 Å². The van der Waals surface area contributed by atoms with Gasteiger partial charge in [0.1, 0.15) is 5.82 Å². The van der Waals surface area contributed by atoms with E-state index in [2.05, 4.69) is 20.9 Å². The minimum absolute atomic E-state index is 0.0565. The molecule has 0 saturated carbocycles. The number of hydrogen-bond donors (Lipinski definition) is 1. The second kappa shape index (κ2) is 6.89. The third kappa shape index (κ3) is 3.93. The molecule has 2 aromatic rings.